The summed E-state index contributed by atoms with van der Waals surface area (Å²) in [4.78, 5) is 69.2. The molecule has 0 N–H and O–H groups in total. The molecule has 0 bridgehead atoms. The predicted molar refractivity (Wildman–Crippen MR) is 334 cm³/mol. The first-order chi connectivity index (χ1) is 38.5. The molecule has 0 heterocycles. The van der Waals surface area contributed by atoms with Gasteiger partial charge in [0.2, 0.25) is 0 Å². The molecule has 0 aliphatic heterocycles. The highest BCUT2D eigenvalue weighted by Gasteiger charge is 2.11. The zero-order chi connectivity index (χ0) is 61.5. The molecule has 0 aromatic rings. The summed E-state index contributed by atoms with van der Waals surface area (Å²) in [6, 6.07) is 0. The lowest BCUT2D eigenvalue weighted by atomic mass is 10.1. The molecule has 12 nitrogen and oxygen atoms in total. The Bertz CT molecular complexity index is 2020. The molecule has 0 unspecified atom stereocenters. The Morgan fingerprint density at radius 2 is 0.481 bits per heavy atom. The number of esters is 6. The minimum atomic E-state index is -0.363. The fourth-order valence-electron chi connectivity index (χ4n) is 6.98. The van der Waals surface area contributed by atoms with Crippen LogP contribution in [0.2, 0.25) is 0 Å². The maximum absolute atomic E-state index is 11.7. The first kappa shape index (κ1) is 79.7. The van der Waals surface area contributed by atoms with Crippen LogP contribution in [-0.4, -0.2) is 75.5 Å². The minimum Gasteiger partial charge on any atom is -0.466 e. The Hall–Kier alpha value is -5.52. The van der Waals surface area contributed by atoms with Gasteiger partial charge in [-0.25, -0.2) is 0 Å². The van der Waals surface area contributed by atoms with Crippen LogP contribution in [0.4, 0.5) is 0 Å². The van der Waals surface area contributed by atoms with Crippen LogP contribution in [0.25, 0.3) is 0 Å². The lowest BCUT2D eigenvalue weighted by Gasteiger charge is -2.05. The minimum absolute atomic E-state index is 0.0725. The second-order valence-electron chi connectivity index (χ2n) is 21.7. The van der Waals surface area contributed by atoms with Crippen LogP contribution in [-0.2, 0) is 57.2 Å². The van der Waals surface area contributed by atoms with Crippen molar-refractivity contribution in [3.63, 3.8) is 0 Å². The summed E-state index contributed by atoms with van der Waals surface area (Å²) < 4.78 is 30.4. The molecule has 0 atom stereocenters. The molecule has 12 heteroatoms. The molecule has 0 radical (unpaired) electrons. The third kappa shape index (κ3) is 63.5. The monoisotopic (exact) mass is 1130 g/mol. The number of rotatable bonds is 42. The van der Waals surface area contributed by atoms with Crippen LogP contribution in [0.5, 0.6) is 0 Å². The van der Waals surface area contributed by atoms with Gasteiger partial charge >= 0.3 is 35.8 Å². The van der Waals surface area contributed by atoms with Gasteiger partial charge in [0.25, 0.3) is 0 Å². The van der Waals surface area contributed by atoms with E-state index in [4.69, 9.17) is 28.4 Å². The average Bonchev–Trinajstić information content (AvgIpc) is 3.39. The number of carbonyl (C=O) groups excluding carboxylic acids is 6. The van der Waals surface area contributed by atoms with E-state index in [9.17, 15) is 28.8 Å². The zero-order valence-corrected chi connectivity index (χ0v) is 53.8. The topological polar surface area (TPSA) is 158 Å². The summed E-state index contributed by atoms with van der Waals surface area (Å²) in [6.45, 7) is 33.5. The second kappa shape index (κ2) is 56.3. The van der Waals surface area contributed by atoms with Crippen molar-refractivity contribution in [1.82, 2.24) is 0 Å². The molecule has 81 heavy (non-hydrogen) atoms. The molecule has 0 saturated heterocycles. The maximum Gasteiger partial charge on any atom is 0.306 e. The molecule has 0 spiro atoms. The zero-order valence-electron chi connectivity index (χ0n) is 53.8. The Kier molecular flexibility index (Phi) is 55.4. The van der Waals surface area contributed by atoms with E-state index >= 15 is 0 Å². The smallest absolute Gasteiger partial charge is 0.306 e. The van der Waals surface area contributed by atoms with Crippen molar-refractivity contribution in [2.75, 3.05) is 39.6 Å². The molecule has 0 aromatic carbocycles. The lowest BCUT2D eigenvalue weighted by molar-refractivity contribution is -0.149. The van der Waals surface area contributed by atoms with Gasteiger partial charge in [-0.2, -0.15) is 0 Å². The number of hydrogen-bond donors (Lipinski definition) is 0. The fourth-order valence-corrected chi connectivity index (χ4v) is 6.98. The molecular weight excluding hydrogens is 1020 g/mol. The summed E-state index contributed by atoms with van der Waals surface area (Å²) in [5, 5.41) is 0. The summed E-state index contributed by atoms with van der Waals surface area (Å²) in [6.07, 6.45) is 38.0. The molecule has 0 aliphatic rings. The highest BCUT2D eigenvalue weighted by Crippen LogP contribution is 2.15. The fraction of sp³-hybridized carbons (Fsp3) is 0.652. The van der Waals surface area contributed by atoms with Crippen LogP contribution >= 0.6 is 0 Å². The van der Waals surface area contributed by atoms with Crippen LogP contribution in [0.3, 0.4) is 0 Å². The Labute approximate surface area is 493 Å². The molecule has 0 rings (SSSR count). The van der Waals surface area contributed by atoms with Gasteiger partial charge in [-0.1, -0.05) is 127 Å². The molecular formula is C69H114O12. The highest BCUT2D eigenvalue weighted by molar-refractivity contribution is 5.78. The van der Waals surface area contributed by atoms with E-state index in [0.29, 0.717) is 19.8 Å². The number of allylic oxidation sites excluding steroid dienone is 15. The molecule has 0 aliphatic carbocycles. The number of carbonyl (C=O) groups is 6. The van der Waals surface area contributed by atoms with E-state index < -0.39 is 0 Å². The number of hydrogen-bond acceptors (Lipinski definition) is 12. The van der Waals surface area contributed by atoms with Crippen LogP contribution in [0, 0.1) is 0 Å². The molecule has 0 amide bonds. The van der Waals surface area contributed by atoms with Gasteiger partial charge in [0.1, 0.15) is 19.8 Å². The molecule has 0 fully saturated rings. The number of unbranched alkanes of at least 4 members (excludes halogenated alkanes) is 3. The van der Waals surface area contributed by atoms with Crippen LogP contribution < -0.4 is 0 Å². The first-order valence-electron chi connectivity index (χ1n) is 30.3. The summed E-state index contributed by atoms with van der Waals surface area (Å²) in [7, 11) is 0. The Morgan fingerprint density at radius 1 is 0.247 bits per heavy atom. The van der Waals surface area contributed by atoms with Gasteiger partial charge in [-0.15, -0.1) is 0 Å². The van der Waals surface area contributed by atoms with Crippen molar-refractivity contribution in [2.24, 2.45) is 0 Å². The predicted octanol–water partition coefficient (Wildman–Crippen LogP) is 18.2. The molecule has 462 valence electrons. The van der Waals surface area contributed by atoms with Crippen molar-refractivity contribution in [3.05, 3.63) is 105 Å². The number of ether oxygens (including phenoxy) is 6. The largest absolute Gasteiger partial charge is 0.466 e. The summed E-state index contributed by atoms with van der Waals surface area (Å²) in [5.74, 6) is -2.09. The van der Waals surface area contributed by atoms with E-state index in [-0.39, 0.29) is 94.2 Å². The van der Waals surface area contributed by atoms with Gasteiger partial charge in [0, 0.05) is 0 Å². The summed E-state index contributed by atoms with van der Waals surface area (Å²) >= 11 is 0. The van der Waals surface area contributed by atoms with Crippen molar-refractivity contribution in [3.8, 4) is 0 Å². The average molecular weight is 1140 g/mol. The van der Waals surface area contributed by atoms with Gasteiger partial charge in [-0.3, -0.25) is 28.8 Å². The summed E-state index contributed by atoms with van der Waals surface area (Å²) in [5.41, 5.74) is 12.0. The lowest BCUT2D eigenvalue weighted by Crippen LogP contribution is -2.11. The second-order valence-corrected chi connectivity index (χ2v) is 21.7. The van der Waals surface area contributed by atoms with Crippen molar-refractivity contribution in [2.45, 2.75) is 258 Å². The molecule has 0 saturated carbocycles. The Balaban J connectivity index is -0.00000113. The van der Waals surface area contributed by atoms with Gasteiger partial charge in [0.15, 0.2) is 0 Å². The van der Waals surface area contributed by atoms with Gasteiger partial charge in [0.05, 0.1) is 58.3 Å². The third-order valence-electron chi connectivity index (χ3n) is 12.2. The van der Waals surface area contributed by atoms with E-state index in [1.807, 2.05) is 52.8 Å². The van der Waals surface area contributed by atoms with E-state index in [0.717, 1.165) is 116 Å². The van der Waals surface area contributed by atoms with Crippen LogP contribution in [0.15, 0.2) is 105 Å². The quantitative estimate of drug-likeness (QED) is 0.0247. The first-order valence-corrected chi connectivity index (χ1v) is 30.3. The van der Waals surface area contributed by atoms with Crippen molar-refractivity contribution < 1.29 is 57.2 Å². The van der Waals surface area contributed by atoms with E-state index in [1.54, 1.807) is 0 Å². The third-order valence-corrected chi connectivity index (χ3v) is 12.2. The van der Waals surface area contributed by atoms with Gasteiger partial charge in [-0.05, 0) is 198 Å². The van der Waals surface area contributed by atoms with Crippen molar-refractivity contribution >= 4 is 35.8 Å². The van der Waals surface area contributed by atoms with Gasteiger partial charge < -0.3 is 28.4 Å². The highest BCUT2D eigenvalue weighted by atomic mass is 16.6. The van der Waals surface area contributed by atoms with Crippen LogP contribution in [0.1, 0.15) is 258 Å². The van der Waals surface area contributed by atoms with E-state index in [1.165, 1.54) is 50.2 Å². The maximum atomic E-state index is 11.7. The SMILES string of the molecule is CCCCCOC(=O)CCC(=O)OC/C=C(\C)CC/C=C(\C)CCC=C(C)C.CCCCOC(=O)CCC(=O)OC/C=C(\C)CC/C=C(\C)CCC=C(C)C.CCCOC(=O)CCC(=O)OC/C=C(\C)CC/C=C(\C)CCC=C(C)C. The normalized spacial score (nSPS) is 11.9. The standard InChI is InChI=1S/C24H40O4.C23H38O4.C22H36O4/c1-6-7-8-18-27-23(25)15-16-24(26)28-19-17-22(5)14-10-13-21(4)12-9-11-20(2)3;1-6-7-17-26-22(24)14-15-23(25)27-18-16-21(5)13-9-12-20(4)11-8-10-19(2)3;1-6-16-25-21(23)13-14-22(24)26-17-15-20(5)12-8-11-19(4)10-7-9-18(2)3/h11,13,17H,6-10,12,14-16,18-19H2,1-5H3;10,12,16H,6-9,11,13-15,17-18H2,1-5H3;9,11,15H,6-8,10,12-14,16-17H2,1-5H3/b21-13+,22-17+;20-12+,21-16+;19-11+,20-15+. The molecule has 0 aromatic heterocycles. The van der Waals surface area contributed by atoms with E-state index in [2.05, 4.69) is 106 Å². The Morgan fingerprint density at radius 3 is 0.741 bits per heavy atom. The van der Waals surface area contributed by atoms with Crippen molar-refractivity contribution in [1.29, 1.82) is 0 Å².